The van der Waals surface area contributed by atoms with Crippen molar-refractivity contribution >= 4 is 33.2 Å². The smallest absolute Gasteiger partial charge is 0.243 e. The molecular weight excluding hydrogens is 419 g/mol. The van der Waals surface area contributed by atoms with Crippen LogP contribution in [0.15, 0.2) is 41.3 Å². The summed E-state index contributed by atoms with van der Waals surface area (Å²) in [7, 11) is -2.21. The molecular formula is C20H22ClFN2O4S. The van der Waals surface area contributed by atoms with E-state index in [0.717, 1.165) is 0 Å². The van der Waals surface area contributed by atoms with Gasteiger partial charge in [-0.1, -0.05) is 11.6 Å². The molecule has 1 fully saturated rings. The molecule has 1 atom stereocenters. The summed E-state index contributed by atoms with van der Waals surface area (Å²) in [6.45, 7) is 2.20. The molecule has 0 saturated carbocycles. The van der Waals surface area contributed by atoms with Crippen molar-refractivity contribution in [2.24, 2.45) is 5.92 Å². The predicted octanol–water partition coefficient (Wildman–Crippen LogP) is 3.84. The maximum atomic E-state index is 13.3. The Morgan fingerprint density at radius 3 is 2.69 bits per heavy atom. The average molecular weight is 441 g/mol. The molecule has 1 aliphatic rings. The number of carbonyl (C=O) groups is 1. The van der Waals surface area contributed by atoms with E-state index in [-0.39, 0.29) is 22.4 Å². The van der Waals surface area contributed by atoms with Crippen LogP contribution in [-0.2, 0) is 14.8 Å². The van der Waals surface area contributed by atoms with Gasteiger partial charge in [0, 0.05) is 18.8 Å². The van der Waals surface area contributed by atoms with E-state index < -0.39 is 21.8 Å². The maximum Gasteiger partial charge on any atom is 0.243 e. The summed E-state index contributed by atoms with van der Waals surface area (Å²) >= 11 is 5.75. The lowest BCUT2D eigenvalue weighted by atomic mass is 9.99. The van der Waals surface area contributed by atoms with E-state index in [1.165, 1.54) is 35.7 Å². The van der Waals surface area contributed by atoms with Gasteiger partial charge in [0.25, 0.3) is 0 Å². The number of halogens is 2. The van der Waals surface area contributed by atoms with E-state index in [9.17, 15) is 17.6 Å². The topological polar surface area (TPSA) is 75.7 Å². The standard InChI is InChI=1S/C20H22ClFN2O4S/c1-13-10-16(6-8-19(13)28-2)29(26,27)24-9-3-4-14(12-24)20(25)23-15-5-7-18(22)17(21)11-15/h5-8,10-11,14H,3-4,9,12H2,1-2H3,(H,23,25)/t14-/m0/s1. The molecule has 2 aromatic carbocycles. The van der Waals surface area contributed by atoms with Gasteiger partial charge in [0.1, 0.15) is 11.6 Å². The van der Waals surface area contributed by atoms with Crippen LogP contribution >= 0.6 is 11.6 Å². The molecule has 1 amide bonds. The number of anilines is 1. The summed E-state index contributed by atoms with van der Waals surface area (Å²) in [5.41, 5.74) is 1.08. The van der Waals surface area contributed by atoms with E-state index in [0.29, 0.717) is 36.4 Å². The number of amides is 1. The summed E-state index contributed by atoms with van der Waals surface area (Å²) in [4.78, 5) is 12.8. The molecule has 1 N–H and O–H groups in total. The first-order valence-electron chi connectivity index (χ1n) is 9.13. The number of benzene rings is 2. The second-order valence-electron chi connectivity index (χ2n) is 6.95. The Kier molecular flexibility index (Phi) is 6.45. The highest BCUT2D eigenvalue weighted by molar-refractivity contribution is 7.89. The van der Waals surface area contributed by atoms with Gasteiger partial charge in [0.05, 0.1) is 22.9 Å². The highest BCUT2D eigenvalue weighted by Gasteiger charge is 2.33. The van der Waals surface area contributed by atoms with E-state index >= 15 is 0 Å². The largest absolute Gasteiger partial charge is 0.496 e. The third kappa shape index (κ3) is 4.71. The van der Waals surface area contributed by atoms with E-state index in [4.69, 9.17) is 16.3 Å². The predicted molar refractivity (Wildman–Crippen MR) is 109 cm³/mol. The summed E-state index contributed by atoms with van der Waals surface area (Å²) in [6, 6.07) is 8.60. The van der Waals surface area contributed by atoms with E-state index in [1.54, 1.807) is 19.1 Å². The highest BCUT2D eigenvalue weighted by Crippen LogP contribution is 2.28. The Bertz CT molecular complexity index is 1030. The van der Waals surface area contributed by atoms with Crippen LogP contribution in [0.4, 0.5) is 10.1 Å². The minimum atomic E-state index is -3.73. The molecule has 2 aromatic rings. The van der Waals surface area contributed by atoms with Gasteiger partial charge in [-0.05, 0) is 61.7 Å². The van der Waals surface area contributed by atoms with Crippen LogP contribution in [0, 0.1) is 18.7 Å². The summed E-state index contributed by atoms with van der Waals surface area (Å²) in [5, 5.41) is 2.60. The Morgan fingerprint density at radius 2 is 2.03 bits per heavy atom. The van der Waals surface area contributed by atoms with Gasteiger partial charge in [-0.25, -0.2) is 12.8 Å². The molecule has 9 heteroatoms. The maximum absolute atomic E-state index is 13.3. The molecule has 0 aromatic heterocycles. The molecule has 156 valence electrons. The van der Waals surface area contributed by atoms with Crippen molar-refractivity contribution < 1.29 is 22.3 Å². The number of nitrogens with one attached hydrogen (secondary N) is 1. The number of sulfonamides is 1. The van der Waals surface area contributed by atoms with Gasteiger partial charge < -0.3 is 10.1 Å². The number of hydrogen-bond donors (Lipinski definition) is 1. The zero-order chi connectivity index (χ0) is 21.2. The van der Waals surface area contributed by atoms with Crippen LogP contribution in [0.25, 0.3) is 0 Å². The molecule has 0 bridgehead atoms. The number of methoxy groups -OCH3 is 1. The first kappa shape index (κ1) is 21.5. The molecule has 0 radical (unpaired) electrons. The Labute approximate surface area is 174 Å². The fourth-order valence-electron chi connectivity index (χ4n) is 3.35. The number of ether oxygens (including phenoxy) is 1. The van der Waals surface area contributed by atoms with Crippen LogP contribution in [0.2, 0.25) is 5.02 Å². The molecule has 1 aliphatic heterocycles. The normalized spacial score (nSPS) is 17.7. The van der Waals surface area contributed by atoms with Crippen molar-refractivity contribution in [1.82, 2.24) is 4.31 Å². The molecule has 6 nitrogen and oxygen atoms in total. The lowest BCUT2D eigenvalue weighted by molar-refractivity contribution is -0.120. The molecule has 0 spiro atoms. The molecule has 3 rings (SSSR count). The third-order valence-electron chi connectivity index (χ3n) is 4.95. The number of piperidine rings is 1. The van der Waals surface area contributed by atoms with Crippen LogP contribution in [0.5, 0.6) is 5.75 Å². The third-order valence-corrected chi connectivity index (χ3v) is 7.10. The van der Waals surface area contributed by atoms with Crippen molar-refractivity contribution in [3.8, 4) is 5.75 Å². The minimum Gasteiger partial charge on any atom is -0.496 e. The van der Waals surface area contributed by atoms with Crippen LogP contribution in [0.3, 0.4) is 0 Å². The molecule has 0 aliphatic carbocycles. The molecule has 29 heavy (non-hydrogen) atoms. The minimum absolute atomic E-state index is 0.0775. The van der Waals surface area contributed by atoms with E-state index in [2.05, 4.69) is 5.32 Å². The number of carbonyl (C=O) groups excluding carboxylic acids is 1. The van der Waals surface area contributed by atoms with Crippen LogP contribution < -0.4 is 10.1 Å². The monoisotopic (exact) mass is 440 g/mol. The first-order valence-corrected chi connectivity index (χ1v) is 10.9. The lowest BCUT2D eigenvalue weighted by Gasteiger charge is -2.31. The van der Waals surface area contributed by atoms with Crippen molar-refractivity contribution in [3.05, 3.63) is 52.8 Å². The molecule has 1 saturated heterocycles. The fraction of sp³-hybridized carbons (Fsp3) is 0.350. The van der Waals surface area contributed by atoms with Gasteiger partial charge in [-0.2, -0.15) is 4.31 Å². The second-order valence-corrected chi connectivity index (χ2v) is 9.30. The SMILES string of the molecule is COc1ccc(S(=O)(=O)N2CCC[C@H](C(=O)Nc3ccc(F)c(Cl)c3)C2)cc1C. The van der Waals surface area contributed by atoms with Gasteiger partial charge in [0.15, 0.2) is 0 Å². The Balaban J connectivity index is 1.74. The van der Waals surface area contributed by atoms with Crippen molar-refractivity contribution in [1.29, 1.82) is 0 Å². The average Bonchev–Trinajstić information content (AvgIpc) is 2.70. The summed E-state index contributed by atoms with van der Waals surface area (Å²) in [6.07, 6.45) is 1.13. The Morgan fingerprint density at radius 1 is 1.28 bits per heavy atom. The van der Waals surface area contributed by atoms with E-state index in [1.807, 2.05) is 0 Å². The number of hydrogen-bond acceptors (Lipinski definition) is 4. The molecule has 1 heterocycles. The van der Waals surface area contributed by atoms with Gasteiger partial charge in [-0.15, -0.1) is 0 Å². The second kappa shape index (κ2) is 8.69. The molecule has 0 unspecified atom stereocenters. The van der Waals surface area contributed by atoms with Crippen LogP contribution in [-0.4, -0.2) is 38.8 Å². The quantitative estimate of drug-likeness (QED) is 0.766. The van der Waals surface area contributed by atoms with Gasteiger partial charge >= 0.3 is 0 Å². The lowest BCUT2D eigenvalue weighted by Crippen LogP contribution is -2.43. The van der Waals surface area contributed by atoms with Crippen molar-refractivity contribution in [2.75, 3.05) is 25.5 Å². The first-order chi connectivity index (χ1) is 13.7. The number of aryl methyl sites for hydroxylation is 1. The zero-order valence-corrected chi connectivity index (χ0v) is 17.7. The Hall–Kier alpha value is -2.16. The van der Waals surface area contributed by atoms with Gasteiger partial charge in [-0.3, -0.25) is 4.79 Å². The highest BCUT2D eigenvalue weighted by atomic mass is 35.5. The van der Waals surface area contributed by atoms with Crippen molar-refractivity contribution in [3.63, 3.8) is 0 Å². The zero-order valence-electron chi connectivity index (χ0n) is 16.1. The summed E-state index contributed by atoms with van der Waals surface area (Å²) in [5.74, 6) is -0.799. The number of rotatable bonds is 5. The van der Waals surface area contributed by atoms with Crippen LogP contribution in [0.1, 0.15) is 18.4 Å². The van der Waals surface area contributed by atoms with Crippen molar-refractivity contribution in [2.45, 2.75) is 24.7 Å². The number of nitrogens with zero attached hydrogens (tertiary/aromatic N) is 1. The van der Waals surface area contributed by atoms with Gasteiger partial charge in [0.2, 0.25) is 15.9 Å². The summed E-state index contributed by atoms with van der Waals surface area (Å²) < 4.78 is 45.9. The fourth-order valence-corrected chi connectivity index (χ4v) is 5.14.